The molecule has 3 heterocycles. The minimum Gasteiger partial charge on any atom is -0.444 e. The molecule has 0 aliphatic carbocycles. The van der Waals surface area contributed by atoms with Gasteiger partial charge in [-0.05, 0) is 82.3 Å². The average Bonchev–Trinajstić information content (AvgIpc) is 3.03. The van der Waals surface area contributed by atoms with Gasteiger partial charge in [0.1, 0.15) is 17.2 Å². The van der Waals surface area contributed by atoms with Gasteiger partial charge in [0, 0.05) is 42.3 Å². The highest BCUT2D eigenvalue weighted by molar-refractivity contribution is 7.92. The maximum absolute atomic E-state index is 15.1. The van der Waals surface area contributed by atoms with E-state index in [9.17, 15) is 13.2 Å². The Morgan fingerprint density at radius 1 is 1.10 bits per heavy atom. The number of fused-ring (bicyclic) bond motifs is 1. The van der Waals surface area contributed by atoms with Gasteiger partial charge in [-0.25, -0.2) is 32.6 Å². The number of piperidine rings is 1. The minimum atomic E-state index is -3.80. The zero-order valence-electron chi connectivity index (χ0n) is 28.2. The summed E-state index contributed by atoms with van der Waals surface area (Å²) in [7, 11) is -3.80. The monoisotopic (exact) mass is 678 g/mol. The number of hydrogen-bond acceptors (Lipinski definition) is 9. The van der Waals surface area contributed by atoms with Crippen LogP contribution in [0, 0.1) is 18.7 Å². The molecule has 13 heteroatoms. The van der Waals surface area contributed by atoms with E-state index in [-0.39, 0.29) is 35.4 Å². The molecular formula is C35H43FN6O5S. The maximum atomic E-state index is 15.1. The number of anilines is 2. The molecule has 2 N–H and O–H groups in total. The van der Waals surface area contributed by atoms with Crippen LogP contribution in [0.2, 0.25) is 0 Å². The molecule has 5 rings (SSSR count). The van der Waals surface area contributed by atoms with E-state index in [4.69, 9.17) is 14.5 Å². The summed E-state index contributed by atoms with van der Waals surface area (Å²) >= 11 is 0. The second-order valence-corrected chi connectivity index (χ2v) is 15.0. The van der Waals surface area contributed by atoms with Crippen molar-refractivity contribution in [3.05, 3.63) is 66.2 Å². The summed E-state index contributed by atoms with van der Waals surface area (Å²) in [5.74, 6) is 0.170. The van der Waals surface area contributed by atoms with Crippen molar-refractivity contribution in [3.63, 3.8) is 0 Å². The number of aromatic nitrogens is 3. The lowest BCUT2D eigenvalue weighted by molar-refractivity contribution is 0.0206. The molecule has 4 aromatic rings. The molecule has 1 fully saturated rings. The Morgan fingerprint density at radius 3 is 2.62 bits per heavy atom. The number of aryl methyl sites for hydroxylation is 1. The van der Waals surface area contributed by atoms with Crippen molar-refractivity contribution in [3.8, 4) is 22.9 Å². The number of halogens is 1. The number of benzene rings is 2. The molecule has 2 aromatic carbocycles. The van der Waals surface area contributed by atoms with Crippen molar-refractivity contribution < 1.29 is 27.1 Å². The van der Waals surface area contributed by atoms with E-state index in [2.05, 4.69) is 20.0 Å². The van der Waals surface area contributed by atoms with E-state index in [1.54, 1.807) is 47.6 Å². The normalized spacial score (nSPS) is 16.0. The van der Waals surface area contributed by atoms with Gasteiger partial charge in [-0.15, -0.1) is 0 Å². The Morgan fingerprint density at radius 2 is 1.88 bits per heavy atom. The number of sulfonamides is 1. The number of nitrogens with zero attached hydrogens (tertiary/aromatic N) is 4. The first kappa shape index (κ1) is 34.8. The molecule has 0 bridgehead atoms. The van der Waals surface area contributed by atoms with Gasteiger partial charge in [0.2, 0.25) is 21.9 Å². The third-order valence-corrected chi connectivity index (χ3v) is 9.59. The zero-order valence-corrected chi connectivity index (χ0v) is 29.0. The Hall–Kier alpha value is -4.52. The topological polar surface area (TPSA) is 136 Å². The van der Waals surface area contributed by atoms with E-state index in [0.717, 1.165) is 18.4 Å². The lowest BCUT2D eigenvalue weighted by Gasteiger charge is -2.34. The lowest BCUT2D eigenvalue weighted by atomic mass is 10.0. The summed E-state index contributed by atoms with van der Waals surface area (Å²) in [5.41, 5.74) is 1.19. The zero-order chi connectivity index (χ0) is 34.6. The van der Waals surface area contributed by atoms with Crippen LogP contribution in [0.5, 0.6) is 11.6 Å². The first-order valence-corrected chi connectivity index (χ1v) is 17.8. The molecule has 0 saturated carbocycles. The Bertz CT molecular complexity index is 1900. The standard InChI is InChI=1S/C35H43FN6O5S/c1-7-22(2)21-48(44,45)41-30-25-13-12-23(3)31(26(25)14-15-28(30)36)46-32-27(11-8-17-37-32)29-16-18-38-33(40-29)39-24-10-9-19-42(20-24)34(43)47-35(4,5)6/h8,11-18,22,24,41H,7,9-10,19-21H2,1-6H3,(H,38,39,40)/t22?,24-/m0/s1. The lowest BCUT2D eigenvalue weighted by Crippen LogP contribution is -2.47. The highest BCUT2D eigenvalue weighted by Crippen LogP contribution is 2.40. The van der Waals surface area contributed by atoms with Gasteiger partial charge in [-0.1, -0.05) is 32.4 Å². The summed E-state index contributed by atoms with van der Waals surface area (Å²) in [6.45, 7) is 12.2. The third-order valence-electron chi connectivity index (χ3n) is 8.06. The van der Waals surface area contributed by atoms with Gasteiger partial charge in [0.15, 0.2) is 0 Å². The molecule has 0 spiro atoms. The van der Waals surface area contributed by atoms with Gasteiger partial charge in [-0.2, -0.15) is 0 Å². The first-order chi connectivity index (χ1) is 22.7. The maximum Gasteiger partial charge on any atom is 0.410 e. The van der Waals surface area contributed by atoms with Gasteiger partial charge in [0.05, 0.1) is 22.7 Å². The average molecular weight is 679 g/mol. The van der Waals surface area contributed by atoms with Crippen molar-refractivity contribution in [2.24, 2.45) is 5.92 Å². The largest absolute Gasteiger partial charge is 0.444 e. The van der Waals surface area contributed by atoms with Crippen molar-refractivity contribution >= 4 is 38.5 Å². The molecule has 1 aliphatic heterocycles. The highest BCUT2D eigenvalue weighted by Gasteiger charge is 2.28. The number of carbonyl (C=O) groups excluding carboxylic acids is 1. The molecule has 48 heavy (non-hydrogen) atoms. The van der Waals surface area contributed by atoms with Gasteiger partial charge in [-0.3, -0.25) is 4.72 Å². The number of pyridine rings is 1. The number of amides is 1. The number of rotatable bonds is 10. The van der Waals surface area contributed by atoms with Crippen LogP contribution in [0.3, 0.4) is 0 Å². The second-order valence-electron chi connectivity index (χ2n) is 13.3. The number of hydrogen-bond donors (Lipinski definition) is 2. The van der Waals surface area contributed by atoms with Crippen LogP contribution in [0.25, 0.3) is 22.0 Å². The molecule has 1 saturated heterocycles. The highest BCUT2D eigenvalue weighted by atomic mass is 32.2. The fourth-order valence-corrected chi connectivity index (χ4v) is 7.09. The van der Waals surface area contributed by atoms with Crippen LogP contribution >= 0.6 is 0 Å². The molecule has 1 unspecified atom stereocenters. The predicted molar refractivity (Wildman–Crippen MR) is 185 cm³/mol. The number of ether oxygens (including phenoxy) is 2. The molecule has 2 aromatic heterocycles. The predicted octanol–water partition coefficient (Wildman–Crippen LogP) is 7.53. The Kier molecular flexibility index (Phi) is 10.4. The number of nitrogens with one attached hydrogen (secondary N) is 2. The van der Waals surface area contributed by atoms with Crippen LogP contribution in [-0.4, -0.2) is 64.8 Å². The van der Waals surface area contributed by atoms with E-state index in [1.165, 1.54) is 6.07 Å². The van der Waals surface area contributed by atoms with Crippen molar-refractivity contribution in [1.29, 1.82) is 0 Å². The van der Waals surface area contributed by atoms with Crippen LogP contribution in [0.4, 0.5) is 20.8 Å². The van der Waals surface area contributed by atoms with E-state index >= 15 is 4.39 Å². The van der Waals surface area contributed by atoms with E-state index in [1.807, 2.05) is 47.6 Å². The molecule has 0 radical (unpaired) electrons. The van der Waals surface area contributed by atoms with Crippen molar-refractivity contribution in [1.82, 2.24) is 19.9 Å². The Labute approximate surface area is 281 Å². The third kappa shape index (κ3) is 8.49. The van der Waals surface area contributed by atoms with Crippen LogP contribution in [0.15, 0.2) is 54.9 Å². The SMILES string of the molecule is CCC(C)CS(=O)(=O)Nc1c(F)ccc2c(Oc3ncccc3-c3ccnc(N[C@H]4CCCN(C(=O)OC(C)(C)C)C4)n3)c(C)ccc12. The summed E-state index contributed by atoms with van der Waals surface area (Å²) in [6.07, 6.45) is 5.22. The summed E-state index contributed by atoms with van der Waals surface area (Å²) in [5, 5.41) is 4.24. The number of carbonyl (C=O) groups is 1. The smallest absolute Gasteiger partial charge is 0.410 e. The second kappa shape index (κ2) is 14.3. The van der Waals surface area contributed by atoms with Gasteiger partial charge in [0.25, 0.3) is 0 Å². The number of likely N-dealkylation sites (tertiary alicyclic amines) is 1. The fourth-order valence-electron chi connectivity index (χ4n) is 5.50. The summed E-state index contributed by atoms with van der Waals surface area (Å²) in [4.78, 5) is 28.0. The quantitative estimate of drug-likeness (QED) is 0.174. The Balaban J connectivity index is 1.41. The summed E-state index contributed by atoms with van der Waals surface area (Å²) in [6, 6.07) is 11.5. The molecular weight excluding hydrogens is 635 g/mol. The van der Waals surface area contributed by atoms with Crippen LogP contribution in [0.1, 0.15) is 59.4 Å². The summed E-state index contributed by atoms with van der Waals surface area (Å²) < 4.78 is 55.4. The van der Waals surface area contributed by atoms with Gasteiger partial charge < -0.3 is 19.7 Å². The molecule has 1 amide bonds. The van der Waals surface area contributed by atoms with Gasteiger partial charge >= 0.3 is 6.09 Å². The van der Waals surface area contributed by atoms with Crippen molar-refractivity contribution in [2.45, 2.75) is 72.4 Å². The van der Waals surface area contributed by atoms with Crippen LogP contribution in [-0.2, 0) is 14.8 Å². The molecule has 256 valence electrons. The van der Waals surface area contributed by atoms with E-state index < -0.39 is 21.4 Å². The van der Waals surface area contributed by atoms with Crippen molar-refractivity contribution in [2.75, 3.05) is 28.9 Å². The molecule has 11 nitrogen and oxygen atoms in total. The van der Waals surface area contributed by atoms with Crippen LogP contribution < -0.4 is 14.8 Å². The van der Waals surface area contributed by atoms with E-state index in [0.29, 0.717) is 53.2 Å². The molecule has 2 atom stereocenters. The molecule has 1 aliphatic rings. The fraction of sp³-hybridized carbons (Fsp3) is 0.429. The first-order valence-electron chi connectivity index (χ1n) is 16.2. The minimum absolute atomic E-state index is 0.0679.